The van der Waals surface area contributed by atoms with Crippen LogP contribution in [0.15, 0.2) is 133 Å². The first-order valence-corrected chi connectivity index (χ1v) is 16.0. The predicted octanol–water partition coefficient (Wildman–Crippen LogP) is 10.3. The van der Waals surface area contributed by atoms with Crippen LogP contribution in [0.4, 0.5) is 0 Å². The molecule has 0 aliphatic rings. The molecule has 0 aliphatic heterocycles. The van der Waals surface area contributed by atoms with Crippen molar-refractivity contribution in [1.29, 1.82) is 0 Å². The van der Waals surface area contributed by atoms with Crippen LogP contribution < -0.4 is 0 Å². The van der Waals surface area contributed by atoms with Crippen LogP contribution in [0.1, 0.15) is 16.7 Å². The molecule has 0 amide bonds. The van der Waals surface area contributed by atoms with Crippen molar-refractivity contribution in [1.82, 2.24) is 24.1 Å². The standard InChI is InChI=1S/C42H31N5/c1-26-24-27(2)38(28(3)25-26)46-35-21-13-11-19-33(35)37-36(46)23-22-32-31-18-10-12-20-34(31)47(39(32)37)42-44-40(29-14-6-4-7-15-29)43-41(45-42)30-16-8-5-9-17-30/h4-25H,1-3H3. The number of hydrogen-bond acceptors (Lipinski definition) is 3. The van der Waals surface area contributed by atoms with E-state index in [4.69, 9.17) is 15.0 Å². The van der Waals surface area contributed by atoms with E-state index in [-0.39, 0.29) is 0 Å². The predicted molar refractivity (Wildman–Crippen MR) is 194 cm³/mol. The number of fused-ring (bicyclic) bond motifs is 7. The van der Waals surface area contributed by atoms with Gasteiger partial charge in [0, 0.05) is 32.7 Å². The molecule has 0 aliphatic carbocycles. The molecule has 5 heteroatoms. The fourth-order valence-corrected chi connectivity index (χ4v) is 7.38. The third-order valence-corrected chi connectivity index (χ3v) is 9.22. The Morgan fingerprint density at radius 2 is 0.979 bits per heavy atom. The Hall–Kier alpha value is -6.07. The lowest BCUT2D eigenvalue weighted by Crippen LogP contribution is -2.06. The van der Waals surface area contributed by atoms with E-state index in [9.17, 15) is 0 Å². The molecule has 0 radical (unpaired) electrons. The molecule has 6 aromatic carbocycles. The quantitative estimate of drug-likeness (QED) is 0.201. The minimum Gasteiger partial charge on any atom is -0.309 e. The minimum atomic E-state index is 0.593. The molecule has 9 aromatic rings. The first-order valence-electron chi connectivity index (χ1n) is 16.0. The lowest BCUT2D eigenvalue weighted by atomic mass is 10.0. The molecule has 0 spiro atoms. The van der Waals surface area contributed by atoms with Crippen LogP contribution in [0.25, 0.3) is 78.0 Å². The Morgan fingerprint density at radius 1 is 0.447 bits per heavy atom. The molecule has 0 saturated heterocycles. The van der Waals surface area contributed by atoms with E-state index in [0.29, 0.717) is 17.6 Å². The third-order valence-electron chi connectivity index (χ3n) is 9.22. The minimum absolute atomic E-state index is 0.593. The zero-order valence-corrected chi connectivity index (χ0v) is 26.4. The van der Waals surface area contributed by atoms with Gasteiger partial charge in [-0.15, -0.1) is 0 Å². The molecule has 224 valence electrons. The van der Waals surface area contributed by atoms with Crippen LogP contribution in [-0.4, -0.2) is 24.1 Å². The highest BCUT2D eigenvalue weighted by atomic mass is 15.2. The Balaban J connectivity index is 1.46. The second kappa shape index (κ2) is 10.5. The van der Waals surface area contributed by atoms with Gasteiger partial charge in [0.15, 0.2) is 11.6 Å². The summed E-state index contributed by atoms with van der Waals surface area (Å²) in [6.07, 6.45) is 0. The highest BCUT2D eigenvalue weighted by Crippen LogP contribution is 2.42. The maximum atomic E-state index is 5.20. The second-order valence-electron chi connectivity index (χ2n) is 12.3. The van der Waals surface area contributed by atoms with E-state index in [2.05, 4.69) is 127 Å². The normalized spacial score (nSPS) is 11.7. The molecule has 9 rings (SSSR count). The highest BCUT2D eigenvalue weighted by molar-refractivity contribution is 6.26. The van der Waals surface area contributed by atoms with Gasteiger partial charge in [0.2, 0.25) is 5.95 Å². The zero-order valence-electron chi connectivity index (χ0n) is 26.4. The van der Waals surface area contributed by atoms with Crippen molar-refractivity contribution < 1.29 is 0 Å². The Labute approximate surface area is 272 Å². The highest BCUT2D eigenvalue weighted by Gasteiger charge is 2.23. The molecule has 3 heterocycles. The molecule has 5 nitrogen and oxygen atoms in total. The first-order chi connectivity index (χ1) is 23.1. The van der Waals surface area contributed by atoms with Gasteiger partial charge >= 0.3 is 0 Å². The molecule has 3 aromatic heterocycles. The molecular formula is C42H31N5. The number of rotatable bonds is 4. The number of hydrogen-bond donors (Lipinski definition) is 0. The number of para-hydroxylation sites is 2. The summed E-state index contributed by atoms with van der Waals surface area (Å²) >= 11 is 0. The smallest absolute Gasteiger partial charge is 0.238 e. The Bertz CT molecular complexity index is 2570. The van der Waals surface area contributed by atoms with Crippen molar-refractivity contribution in [3.63, 3.8) is 0 Å². The topological polar surface area (TPSA) is 48.5 Å². The average Bonchev–Trinajstić information content (AvgIpc) is 3.62. The van der Waals surface area contributed by atoms with Gasteiger partial charge in [0.05, 0.1) is 27.8 Å². The van der Waals surface area contributed by atoms with Gasteiger partial charge in [-0.2, -0.15) is 9.97 Å². The molecule has 0 atom stereocenters. The summed E-state index contributed by atoms with van der Waals surface area (Å²) in [5, 5.41) is 4.69. The SMILES string of the molecule is Cc1cc(C)c(-n2c3ccccc3c3c2ccc2c4ccccc4n(-c4nc(-c5ccccc5)nc(-c5ccccc5)n4)c23)c(C)c1. The maximum absolute atomic E-state index is 5.20. The number of aryl methyl sites for hydroxylation is 3. The molecule has 0 fully saturated rings. The van der Waals surface area contributed by atoms with Gasteiger partial charge in [-0.25, -0.2) is 4.98 Å². The molecule has 47 heavy (non-hydrogen) atoms. The van der Waals surface area contributed by atoms with Gasteiger partial charge in [-0.3, -0.25) is 4.57 Å². The molecule has 0 saturated carbocycles. The fraction of sp³-hybridized carbons (Fsp3) is 0.0714. The lowest BCUT2D eigenvalue weighted by Gasteiger charge is -2.15. The summed E-state index contributed by atoms with van der Waals surface area (Å²) in [6, 6.07) is 46.7. The van der Waals surface area contributed by atoms with E-state index >= 15 is 0 Å². The van der Waals surface area contributed by atoms with Crippen molar-refractivity contribution in [2.24, 2.45) is 0 Å². The summed E-state index contributed by atoms with van der Waals surface area (Å²) in [5.41, 5.74) is 11.4. The number of nitrogens with zero attached hydrogens (tertiary/aromatic N) is 5. The van der Waals surface area contributed by atoms with Gasteiger partial charge < -0.3 is 4.57 Å². The second-order valence-corrected chi connectivity index (χ2v) is 12.3. The number of benzene rings is 6. The first kappa shape index (κ1) is 27.3. The van der Waals surface area contributed by atoms with Crippen molar-refractivity contribution in [3.05, 3.63) is 150 Å². The van der Waals surface area contributed by atoms with Crippen LogP contribution in [0.5, 0.6) is 0 Å². The lowest BCUT2D eigenvalue weighted by molar-refractivity contribution is 0.955. The Kier molecular flexibility index (Phi) is 6.09. The van der Waals surface area contributed by atoms with Gasteiger partial charge in [-0.1, -0.05) is 121 Å². The largest absolute Gasteiger partial charge is 0.309 e. The van der Waals surface area contributed by atoms with Crippen LogP contribution >= 0.6 is 0 Å². The van der Waals surface area contributed by atoms with Crippen LogP contribution in [0.3, 0.4) is 0 Å². The summed E-state index contributed by atoms with van der Waals surface area (Å²) in [6.45, 7) is 6.60. The van der Waals surface area contributed by atoms with E-state index in [1.165, 1.54) is 38.7 Å². The van der Waals surface area contributed by atoms with Crippen LogP contribution in [0.2, 0.25) is 0 Å². The van der Waals surface area contributed by atoms with E-state index in [1.807, 2.05) is 36.4 Å². The van der Waals surface area contributed by atoms with E-state index in [1.54, 1.807) is 0 Å². The summed E-state index contributed by atoms with van der Waals surface area (Å²) < 4.78 is 4.69. The molecule has 0 bridgehead atoms. The average molecular weight is 606 g/mol. The van der Waals surface area contributed by atoms with Crippen molar-refractivity contribution in [2.45, 2.75) is 20.8 Å². The van der Waals surface area contributed by atoms with Gasteiger partial charge in [0.1, 0.15) is 0 Å². The van der Waals surface area contributed by atoms with Gasteiger partial charge in [-0.05, 0) is 50.1 Å². The summed E-state index contributed by atoms with van der Waals surface area (Å²) in [5.74, 6) is 1.87. The van der Waals surface area contributed by atoms with Crippen molar-refractivity contribution in [2.75, 3.05) is 0 Å². The summed E-state index contributed by atoms with van der Waals surface area (Å²) in [4.78, 5) is 15.4. The Morgan fingerprint density at radius 3 is 1.60 bits per heavy atom. The molecule has 0 unspecified atom stereocenters. The van der Waals surface area contributed by atoms with Gasteiger partial charge in [0.25, 0.3) is 0 Å². The van der Waals surface area contributed by atoms with Crippen LogP contribution in [0, 0.1) is 20.8 Å². The van der Waals surface area contributed by atoms with Crippen LogP contribution in [-0.2, 0) is 0 Å². The molecular weight excluding hydrogens is 574 g/mol. The monoisotopic (exact) mass is 605 g/mol. The van der Waals surface area contributed by atoms with E-state index < -0.39 is 0 Å². The third kappa shape index (κ3) is 4.20. The number of aromatic nitrogens is 5. The summed E-state index contributed by atoms with van der Waals surface area (Å²) in [7, 11) is 0. The maximum Gasteiger partial charge on any atom is 0.238 e. The molecule has 0 N–H and O–H groups in total. The van der Waals surface area contributed by atoms with E-state index in [0.717, 1.165) is 38.4 Å². The zero-order chi connectivity index (χ0) is 31.6. The fourth-order valence-electron chi connectivity index (χ4n) is 7.38. The van der Waals surface area contributed by atoms with Crippen molar-refractivity contribution >= 4 is 43.6 Å². The van der Waals surface area contributed by atoms with Crippen molar-refractivity contribution in [3.8, 4) is 34.4 Å².